The highest BCUT2D eigenvalue weighted by Crippen LogP contribution is 2.27. The van der Waals surface area contributed by atoms with Crippen LogP contribution < -0.4 is 15.4 Å². The second-order valence-electron chi connectivity index (χ2n) is 5.62. The van der Waals surface area contributed by atoms with Crippen LogP contribution in [0.25, 0.3) is 0 Å². The molecule has 1 aromatic rings. The van der Waals surface area contributed by atoms with E-state index < -0.39 is 0 Å². The van der Waals surface area contributed by atoms with E-state index in [2.05, 4.69) is 36.6 Å². The monoisotopic (exact) mass is 290 g/mol. The standard InChI is InChI=1S/C17H26N2O2/c1-3-16(18-4-2)14-7-9-15(10-8-14)21-12-17(20)19-11-13-5-6-13/h7-10,13,16,18H,3-6,11-12H2,1-2H3,(H,19,20). The SMILES string of the molecule is CCNC(CC)c1ccc(OCC(=O)NCC2CC2)cc1. The molecule has 1 aliphatic rings. The quantitative estimate of drug-likeness (QED) is 0.735. The van der Waals surface area contributed by atoms with Crippen molar-refractivity contribution < 1.29 is 9.53 Å². The Morgan fingerprint density at radius 2 is 2.00 bits per heavy atom. The van der Waals surface area contributed by atoms with E-state index in [9.17, 15) is 4.79 Å². The van der Waals surface area contributed by atoms with E-state index in [1.165, 1.54) is 18.4 Å². The molecule has 116 valence electrons. The number of amides is 1. The second kappa shape index (κ2) is 8.03. The van der Waals surface area contributed by atoms with E-state index in [1.807, 2.05) is 12.1 Å². The zero-order valence-electron chi connectivity index (χ0n) is 13.0. The van der Waals surface area contributed by atoms with Gasteiger partial charge >= 0.3 is 0 Å². The molecule has 1 aliphatic carbocycles. The van der Waals surface area contributed by atoms with E-state index in [4.69, 9.17) is 4.74 Å². The summed E-state index contributed by atoms with van der Waals surface area (Å²) in [6, 6.07) is 8.38. The van der Waals surface area contributed by atoms with E-state index in [1.54, 1.807) is 0 Å². The van der Waals surface area contributed by atoms with Crippen molar-refractivity contribution in [3.8, 4) is 5.75 Å². The summed E-state index contributed by atoms with van der Waals surface area (Å²) in [5.74, 6) is 1.40. The fourth-order valence-electron chi connectivity index (χ4n) is 2.32. The van der Waals surface area contributed by atoms with Crippen LogP contribution in [0, 0.1) is 5.92 Å². The molecule has 0 saturated heterocycles. The highest BCUT2D eigenvalue weighted by Gasteiger charge is 2.21. The van der Waals surface area contributed by atoms with Crippen LogP contribution in [0.5, 0.6) is 5.75 Å². The molecule has 4 nitrogen and oxygen atoms in total. The topological polar surface area (TPSA) is 50.4 Å². The van der Waals surface area contributed by atoms with Gasteiger partial charge in [0.25, 0.3) is 5.91 Å². The lowest BCUT2D eigenvalue weighted by Gasteiger charge is -2.16. The maximum absolute atomic E-state index is 11.6. The summed E-state index contributed by atoms with van der Waals surface area (Å²) in [5.41, 5.74) is 1.25. The normalized spacial score (nSPS) is 15.5. The van der Waals surface area contributed by atoms with Gasteiger partial charge in [0.15, 0.2) is 6.61 Å². The molecule has 1 amide bonds. The minimum atomic E-state index is -0.0370. The van der Waals surface area contributed by atoms with E-state index in [0.29, 0.717) is 12.0 Å². The van der Waals surface area contributed by atoms with Gasteiger partial charge in [-0.05, 0) is 49.4 Å². The largest absolute Gasteiger partial charge is 0.484 e. The van der Waals surface area contributed by atoms with Crippen LogP contribution in [0.4, 0.5) is 0 Å². The first-order valence-corrected chi connectivity index (χ1v) is 7.95. The number of ether oxygens (including phenoxy) is 1. The maximum atomic E-state index is 11.6. The first-order valence-electron chi connectivity index (χ1n) is 7.95. The summed E-state index contributed by atoms with van der Waals surface area (Å²) >= 11 is 0. The number of hydrogen-bond acceptors (Lipinski definition) is 3. The number of carbonyl (C=O) groups is 1. The third-order valence-electron chi connectivity index (χ3n) is 3.80. The van der Waals surface area contributed by atoms with Gasteiger partial charge in [-0.25, -0.2) is 0 Å². The second-order valence-corrected chi connectivity index (χ2v) is 5.62. The lowest BCUT2D eigenvalue weighted by Crippen LogP contribution is -2.30. The van der Waals surface area contributed by atoms with Gasteiger partial charge in [0.2, 0.25) is 0 Å². The molecule has 4 heteroatoms. The minimum absolute atomic E-state index is 0.0370. The Kier molecular flexibility index (Phi) is 6.05. The van der Waals surface area contributed by atoms with Crippen LogP contribution in [-0.4, -0.2) is 25.6 Å². The van der Waals surface area contributed by atoms with E-state index in [0.717, 1.165) is 25.3 Å². The van der Waals surface area contributed by atoms with Crippen molar-refractivity contribution in [3.63, 3.8) is 0 Å². The van der Waals surface area contributed by atoms with E-state index in [-0.39, 0.29) is 12.5 Å². The average molecular weight is 290 g/mol. The molecule has 0 bridgehead atoms. The molecule has 1 fully saturated rings. The van der Waals surface area contributed by atoms with Gasteiger partial charge in [0.05, 0.1) is 0 Å². The highest BCUT2D eigenvalue weighted by atomic mass is 16.5. The molecule has 1 saturated carbocycles. The summed E-state index contributed by atoms with van der Waals surface area (Å²) < 4.78 is 5.52. The summed E-state index contributed by atoms with van der Waals surface area (Å²) in [5, 5.41) is 6.34. The maximum Gasteiger partial charge on any atom is 0.257 e. The van der Waals surface area contributed by atoms with Crippen molar-refractivity contribution in [1.29, 1.82) is 0 Å². The van der Waals surface area contributed by atoms with Gasteiger partial charge in [0.1, 0.15) is 5.75 Å². The van der Waals surface area contributed by atoms with Crippen LogP contribution >= 0.6 is 0 Å². The van der Waals surface area contributed by atoms with Gasteiger partial charge in [-0.2, -0.15) is 0 Å². The molecule has 0 radical (unpaired) electrons. The summed E-state index contributed by atoms with van der Waals surface area (Å²) in [7, 11) is 0. The van der Waals surface area contributed by atoms with Crippen molar-refractivity contribution in [3.05, 3.63) is 29.8 Å². The predicted octanol–water partition coefficient (Wildman–Crippen LogP) is 2.65. The molecule has 1 atom stereocenters. The van der Waals surface area contributed by atoms with Crippen molar-refractivity contribution in [1.82, 2.24) is 10.6 Å². The van der Waals surface area contributed by atoms with E-state index >= 15 is 0 Å². The zero-order valence-corrected chi connectivity index (χ0v) is 13.0. The predicted molar refractivity (Wildman–Crippen MR) is 84.4 cm³/mol. The van der Waals surface area contributed by atoms with Gasteiger partial charge in [-0.3, -0.25) is 4.79 Å². The van der Waals surface area contributed by atoms with Gasteiger partial charge in [-0.1, -0.05) is 26.0 Å². The van der Waals surface area contributed by atoms with Crippen LogP contribution in [0.3, 0.4) is 0 Å². The lowest BCUT2D eigenvalue weighted by molar-refractivity contribution is -0.123. The van der Waals surface area contributed by atoms with Crippen LogP contribution in [0.15, 0.2) is 24.3 Å². The Hall–Kier alpha value is -1.55. The molecule has 0 aliphatic heterocycles. The molecule has 2 N–H and O–H groups in total. The first kappa shape index (κ1) is 15.8. The Balaban J connectivity index is 1.76. The Morgan fingerprint density at radius 1 is 1.29 bits per heavy atom. The Labute approximate surface area is 127 Å². The zero-order chi connectivity index (χ0) is 15.1. The number of benzene rings is 1. The van der Waals surface area contributed by atoms with Crippen LogP contribution in [0.2, 0.25) is 0 Å². The molecular weight excluding hydrogens is 264 g/mol. The third kappa shape index (κ3) is 5.38. The molecule has 2 rings (SSSR count). The number of hydrogen-bond donors (Lipinski definition) is 2. The molecule has 1 unspecified atom stereocenters. The number of carbonyl (C=O) groups excluding carboxylic acids is 1. The summed E-state index contributed by atoms with van der Waals surface area (Å²) in [4.78, 5) is 11.6. The third-order valence-corrected chi connectivity index (χ3v) is 3.80. The Morgan fingerprint density at radius 3 is 2.57 bits per heavy atom. The molecule has 0 heterocycles. The molecule has 0 spiro atoms. The fraction of sp³-hybridized carbons (Fsp3) is 0.588. The van der Waals surface area contributed by atoms with Crippen LogP contribution in [0.1, 0.15) is 44.7 Å². The fourth-order valence-corrected chi connectivity index (χ4v) is 2.32. The van der Waals surface area contributed by atoms with Crippen molar-refractivity contribution in [2.45, 2.75) is 39.2 Å². The highest BCUT2D eigenvalue weighted by molar-refractivity contribution is 5.77. The van der Waals surface area contributed by atoms with Gasteiger partial charge < -0.3 is 15.4 Å². The molecule has 21 heavy (non-hydrogen) atoms. The summed E-state index contributed by atoms with van der Waals surface area (Å²) in [6.45, 7) is 6.12. The van der Waals surface area contributed by atoms with Crippen molar-refractivity contribution >= 4 is 5.91 Å². The van der Waals surface area contributed by atoms with Gasteiger partial charge in [0, 0.05) is 12.6 Å². The van der Waals surface area contributed by atoms with Gasteiger partial charge in [-0.15, -0.1) is 0 Å². The van der Waals surface area contributed by atoms with Crippen molar-refractivity contribution in [2.75, 3.05) is 19.7 Å². The molecular formula is C17H26N2O2. The lowest BCUT2D eigenvalue weighted by atomic mass is 10.0. The van der Waals surface area contributed by atoms with Crippen molar-refractivity contribution in [2.24, 2.45) is 5.92 Å². The average Bonchev–Trinajstić information content (AvgIpc) is 3.33. The number of nitrogens with one attached hydrogen (secondary N) is 2. The smallest absolute Gasteiger partial charge is 0.257 e. The first-order chi connectivity index (χ1) is 10.2. The number of rotatable bonds is 9. The van der Waals surface area contributed by atoms with Crippen LogP contribution in [-0.2, 0) is 4.79 Å². The molecule has 0 aromatic heterocycles. The Bertz CT molecular complexity index is 441. The summed E-state index contributed by atoms with van der Waals surface area (Å²) in [6.07, 6.45) is 3.54. The minimum Gasteiger partial charge on any atom is -0.484 e. The molecule has 1 aromatic carbocycles.